The van der Waals surface area contributed by atoms with E-state index in [2.05, 4.69) is 15.9 Å². The van der Waals surface area contributed by atoms with Gasteiger partial charge in [-0.05, 0) is 43.7 Å². The molecule has 2 heterocycles. The van der Waals surface area contributed by atoms with Crippen LogP contribution in [0.15, 0.2) is 60.7 Å². The number of halogens is 1. The zero-order chi connectivity index (χ0) is 31.6. The number of amides is 2. The van der Waals surface area contributed by atoms with Gasteiger partial charge in [-0.2, -0.15) is 0 Å². The van der Waals surface area contributed by atoms with E-state index in [0.717, 1.165) is 43.9 Å². The summed E-state index contributed by atoms with van der Waals surface area (Å²) >= 11 is 3.32. The van der Waals surface area contributed by atoms with Crippen molar-refractivity contribution < 1.29 is 33.8 Å². The van der Waals surface area contributed by atoms with Crippen LogP contribution in [0.3, 0.4) is 0 Å². The van der Waals surface area contributed by atoms with E-state index >= 15 is 0 Å². The molecule has 0 saturated carbocycles. The summed E-state index contributed by atoms with van der Waals surface area (Å²) in [6.45, 7) is 6.73. The zero-order valence-electron chi connectivity index (χ0n) is 25.5. The lowest BCUT2D eigenvalue weighted by Crippen LogP contribution is -2.41. The molecular weight excluding hydrogens is 616 g/mol. The minimum absolute atomic E-state index is 0.0533. The number of rotatable bonds is 8. The highest BCUT2D eigenvalue weighted by Gasteiger charge is 2.30. The van der Waals surface area contributed by atoms with Gasteiger partial charge in [0.2, 0.25) is 0 Å². The van der Waals surface area contributed by atoms with Crippen LogP contribution < -0.4 is 0 Å². The Morgan fingerprint density at radius 2 is 1.12 bits per heavy atom. The van der Waals surface area contributed by atoms with Crippen LogP contribution in [0.25, 0.3) is 0 Å². The summed E-state index contributed by atoms with van der Waals surface area (Å²) in [6.07, 6.45) is 2.96. The first-order valence-electron chi connectivity index (χ1n) is 14.8. The summed E-state index contributed by atoms with van der Waals surface area (Å²) in [4.78, 5) is 50.7. The number of hydrogen-bond acceptors (Lipinski definition) is 7. The van der Waals surface area contributed by atoms with Gasteiger partial charge in [-0.1, -0.05) is 83.5 Å². The van der Waals surface area contributed by atoms with Gasteiger partial charge < -0.3 is 24.4 Å². The lowest BCUT2D eigenvalue weighted by atomic mass is 9.91. The fraction of sp³-hybridized carbons (Fsp3) is 0.515. The molecule has 2 fully saturated rings. The highest BCUT2D eigenvalue weighted by atomic mass is 79.9. The number of Topliss-reactive ketones (excluding diaryl/α,β-unsaturated/α-hetero) is 2. The predicted octanol–water partition coefficient (Wildman–Crippen LogP) is 6.01. The third-order valence-electron chi connectivity index (χ3n) is 7.51. The summed E-state index contributed by atoms with van der Waals surface area (Å²) in [7, 11) is 1.00. The Hall–Kier alpha value is -3.24. The van der Waals surface area contributed by atoms with Crippen molar-refractivity contribution in [1.82, 2.24) is 9.80 Å². The number of piperidine rings is 2. The van der Waals surface area contributed by atoms with Gasteiger partial charge in [0.25, 0.3) is 0 Å². The molecule has 2 amide bonds. The molecule has 2 aromatic carbocycles. The van der Waals surface area contributed by atoms with E-state index in [4.69, 9.17) is 14.6 Å². The minimum atomic E-state index is -0.295. The van der Waals surface area contributed by atoms with Crippen LogP contribution in [-0.4, -0.2) is 76.8 Å². The largest absolute Gasteiger partial charge is 0.445 e. The molecule has 0 spiro atoms. The molecule has 236 valence electrons. The molecule has 0 bridgehead atoms. The van der Waals surface area contributed by atoms with Crippen molar-refractivity contribution in [2.45, 2.75) is 64.0 Å². The van der Waals surface area contributed by atoms with Crippen LogP contribution >= 0.6 is 15.9 Å². The number of nitrogens with zero attached hydrogens (tertiary/aromatic N) is 2. The maximum Gasteiger partial charge on any atom is 0.410 e. The number of benzene rings is 2. The summed E-state index contributed by atoms with van der Waals surface area (Å²) in [5, 5.41) is 7.00. The SMILES string of the molecule is CC(Br)C(=O)C1CCN(C(=O)OCc2ccccc2)CC1.CCC(=O)C1CCN(C(=O)OCc2ccccc2)CC1.CO. The molecule has 2 aliphatic rings. The third-order valence-corrected chi connectivity index (χ3v) is 7.97. The zero-order valence-corrected chi connectivity index (χ0v) is 27.0. The van der Waals surface area contributed by atoms with Gasteiger partial charge in [-0.25, -0.2) is 9.59 Å². The third kappa shape index (κ3) is 12.5. The Kier molecular flexibility index (Phi) is 16.6. The van der Waals surface area contributed by atoms with E-state index in [1.54, 1.807) is 9.80 Å². The van der Waals surface area contributed by atoms with Crippen molar-refractivity contribution in [3.05, 3.63) is 71.8 Å². The average molecular weight is 662 g/mol. The van der Waals surface area contributed by atoms with Crippen molar-refractivity contribution in [1.29, 1.82) is 0 Å². The molecule has 1 atom stereocenters. The van der Waals surface area contributed by atoms with Crippen LogP contribution in [0.5, 0.6) is 0 Å². The molecule has 0 aliphatic carbocycles. The number of ketones is 2. The van der Waals surface area contributed by atoms with E-state index in [-0.39, 0.29) is 41.2 Å². The minimum Gasteiger partial charge on any atom is -0.445 e. The van der Waals surface area contributed by atoms with Gasteiger partial charge >= 0.3 is 12.2 Å². The van der Waals surface area contributed by atoms with Crippen LogP contribution in [0.1, 0.15) is 57.1 Å². The summed E-state index contributed by atoms with van der Waals surface area (Å²) in [5.41, 5.74) is 1.96. The Morgan fingerprint density at radius 1 is 0.744 bits per heavy atom. The molecule has 1 unspecified atom stereocenters. The lowest BCUT2D eigenvalue weighted by molar-refractivity contribution is -0.124. The van der Waals surface area contributed by atoms with Gasteiger partial charge in [0.1, 0.15) is 24.8 Å². The Labute approximate surface area is 263 Å². The maximum absolute atomic E-state index is 12.0. The molecule has 2 saturated heterocycles. The van der Waals surface area contributed by atoms with Crippen LogP contribution in [0.2, 0.25) is 0 Å². The molecule has 9 nitrogen and oxygen atoms in total. The number of carbonyl (C=O) groups is 4. The van der Waals surface area contributed by atoms with Gasteiger partial charge in [0, 0.05) is 51.5 Å². The van der Waals surface area contributed by atoms with E-state index < -0.39 is 0 Å². The molecule has 2 aromatic rings. The summed E-state index contributed by atoms with van der Waals surface area (Å²) in [6, 6.07) is 19.3. The number of hydrogen-bond donors (Lipinski definition) is 1. The number of carbonyl (C=O) groups excluding carboxylic acids is 4. The highest BCUT2D eigenvalue weighted by molar-refractivity contribution is 9.10. The molecular formula is C33H45BrN2O7. The molecule has 4 rings (SSSR count). The first-order valence-corrected chi connectivity index (χ1v) is 15.8. The molecule has 43 heavy (non-hydrogen) atoms. The van der Waals surface area contributed by atoms with Crippen molar-refractivity contribution in [2.75, 3.05) is 33.3 Å². The Bertz CT molecular complexity index is 1110. The standard InChI is InChI=1S/C16H20BrNO3.C16H21NO3.CH4O/c1-12(17)15(19)14-7-9-18(10-8-14)16(20)21-11-13-5-3-2-4-6-13;1-2-15(18)14-8-10-17(11-9-14)16(19)20-12-13-6-4-3-5-7-13;1-2/h2-6,12,14H,7-11H2,1H3;3-7,14H,2,8-12H2,1H3;2H,1H3. The quantitative estimate of drug-likeness (QED) is 0.345. The lowest BCUT2D eigenvalue weighted by Gasteiger charge is -2.31. The first kappa shape index (κ1) is 36.0. The van der Waals surface area contributed by atoms with Crippen molar-refractivity contribution in [3.8, 4) is 0 Å². The smallest absolute Gasteiger partial charge is 0.410 e. The van der Waals surface area contributed by atoms with Crippen molar-refractivity contribution in [2.24, 2.45) is 11.8 Å². The normalized spacial score (nSPS) is 16.0. The van der Waals surface area contributed by atoms with Crippen molar-refractivity contribution in [3.63, 3.8) is 0 Å². The number of likely N-dealkylation sites (tertiary alicyclic amines) is 2. The second-order valence-electron chi connectivity index (χ2n) is 10.4. The fourth-order valence-corrected chi connectivity index (χ4v) is 5.34. The number of aliphatic hydroxyl groups excluding tert-OH is 1. The van der Waals surface area contributed by atoms with Crippen LogP contribution in [0, 0.1) is 11.8 Å². The van der Waals surface area contributed by atoms with Gasteiger partial charge in [0.15, 0.2) is 0 Å². The second kappa shape index (κ2) is 19.9. The van der Waals surface area contributed by atoms with E-state index in [9.17, 15) is 19.2 Å². The summed E-state index contributed by atoms with van der Waals surface area (Å²) in [5.74, 6) is 0.713. The molecule has 0 radical (unpaired) electrons. The molecule has 1 N–H and O–H groups in total. The number of alkyl halides is 1. The Balaban J connectivity index is 0.000000284. The van der Waals surface area contributed by atoms with Crippen molar-refractivity contribution >= 4 is 39.7 Å². The summed E-state index contributed by atoms with van der Waals surface area (Å²) < 4.78 is 10.6. The number of ether oxygens (including phenoxy) is 2. The topological polar surface area (TPSA) is 113 Å². The molecule has 2 aliphatic heterocycles. The highest BCUT2D eigenvalue weighted by Crippen LogP contribution is 2.22. The van der Waals surface area contributed by atoms with Crippen LogP contribution in [0.4, 0.5) is 9.59 Å². The molecule has 0 aromatic heterocycles. The van der Waals surface area contributed by atoms with E-state index in [1.165, 1.54) is 0 Å². The monoisotopic (exact) mass is 660 g/mol. The average Bonchev–Trinajstić information content (AvgIpc) is 3.07. The maximum atomic E-state index is 12.0. The van der Waals surface area contributed by atoms with Gasteiger partial charge in [0.05, 0.1) is 4.83 Å². The fourth-order valence-electron chi connectivity index (χ4n) is 4.97. The molecule has 10 heteroatoms. The van der Waals surface area contributed by atoms with Crippen LogP contribution in [-0.2, 0) is 32.3 Å². The second-order valence-corrected chi connectivity index (χ2v) is 11.8. The van der Waals surface area contributed by atoms with Gasteiger partial charge in [-0.3, -0.25) is 9.59 Å². The van der Waals surface area contributed by atoms with Gasteiger partial charge in [-0.15, -0.1) is 0 Å². The first-order chi connectivity index (χ1) is 20.8. The van der Waals surface area contributed by atoms with E-state index in [0.29, 0.717) is 45.0 Å². The number of aliphatic hydroxyl groups is 1. The predicted molar refractivity (Wildman–Crippen MR) is 169 cm³/mol. The van der Waals surface area contributed by atoms with E-state index in [1.807, 2.05) is 74.5 Å². The Morgan fingerprint density at radius 3 is 1.47 bits per heavy atom.